The first kappa shape index (κ1) is 18.9. The van der Waals surface area contributed by atoms with Gasteiger partial charge in [-0.3, -0.25) is 0 Å². The van der Waals surface area contributed by atoms with Gasteiger partial charge < -0.3 is 19.2 Å². The average molecular weight is 424 g/mol. The number of nitrogens with zero attached hydrogens (tertiary/aromatic N) is 6. The third-order valence-electron chi connectivity index (χ3n) is 6.25. The smallest absolute Gasteiger partial charge is 0.180 e. The van der Waals surface area contributed by atoms with Gasteiger partial charge in [0.05, 0.1) is 17.6 Å². The molecule has 0 bridgehead atoms. The maximum atomic E-state index is 4.93. The van der Waals surface area contributed by atoms with Crippen molar-refractivity contribution in [1.29, 1.82) is 0 Å². The fraction of sp³-hybridized carbons (Fsp3) is 0.240. The number of hydrogen-bond donors (Lipinski definition) is 1. The van der Waals surface area contributed by atoms with Crippen LogP contribution in [0.1, 0.15) is 19.3 Å². The zero-order valence-electron chi connectivity index (χ0n) is 18.1. The normalized spacial score (nSPS) is 14.3. The summed E-state index contributed by atoms with van der Waals surface area (Å²) in [5, 5.41) is 4.63. The largest absolute Gasteiger partial charge is 0.357 e. The zero-order valence-corrected chi connectivity index (χ0v) is 18.1. The van der Waals surface area contributed by atoms with Gasteiger partial charge in [-0.05, 0) is 49.6 Å². The lowest BCUT2D eigenvalue weighted by Crippen LogP contribution is -2.29. The third-order valence-corrected chi connectivity index (χ3v) is 6.25. The van der Waals surface area contributed by atoms with E-state index in [9.17, 15) is 0 Å². The summed E-state index contributed by atoms with van der Waals surface area (Å²) in [5.41, 5.74) is 4.85. The summed E-state index contributed by atoms with van der Waals surface area (Å²) >= 11 is 0. The molecular weight excluding hydrogens is 398 g/mol. The van der Waals surface area contributed by atoms with Gasteiger partial charge in [0.2, 0.25) is 0 Å². The molecule has 5 aromatic rings. The lowest BCUT2D eigenvalue weighted by Gasteiger charge is -2.27. The van der Waals surface area contributed by atoms with Gasteiger partial charge in [0.25, 0.3) is 0 Å². The summed E-state index contributed by atoms with van der Waals surface area (Å²) in [5.74, 6) is 1.76. The number of piperidine rings is 1. The van der Waals surface area contributed by atoms with E-state index in [1.165, 1.54) is 30.2 Å². The molecular formula is C25H25N7. The fourth-order valence-electron chi connectivity index (χ4n) is 4.50. The highest BCUT2D eigenvalue weighted by Crippen LogP contribution is 2.28. The van der Waals surface area contributed by atoms with Crippen molar-refractivity contribution in [3.05, 3.63) is 67.4 Å². The Bertz CT molecular complexity index is 1390. The molecule has 0 amide bonds. The van der Waals surface area contributed by atoms with Crippen LogP contribution in [-0.4, -0.2) is 37.0 Å². The fourth-order valence-corrected chi connectivity index (χ4v) is 4.50. The van der Waals surface area contributed by atoms with Crippen molar-refractivity contribution in [2.45, 2.75) is 19.3 Å². The molecule has 32 heavy (non-hydrogen) atoms. The predicted octanol–water partition coefficient (Wildman–Crippen LogP) is 5.02. The van der Waals surface area contributed by atoms with Crippen molar-refractivity contribution in [2.75, 3.05) is 23.3 Å². The van der Waals surface area contributed by atoms with Gasteiger partial charge in [0.15, 0.2) is 11.5 Å². The van der Waals surface area contributed by atoms with Crippen LogP contribution in [-0.2, 0) is 7.05 Å². The highest BCUT2D eigenvalue weighted by Gasteiger charge is 2.13. The minimum Gasteiger partial charge on any atom is -0.357 e. The summed E-state index contributed by atoms with van der Waals surface area (Å²) in [7, 11) is 2.06. The van der Waals surface area contributed by atoms with E-state index in [0.29, 0.717) is 5.82 Å². The highest BCUT2D eigenvalue weighted by atomic mass is 15.2. The third kappa shape index (κ3) is 3.36. The van der Waals surface area contributed by atoms with Crippen LogP contribution in [0, 0.1) is 0 Å². The Hall–Kier alpha value is -3.87. The maximum Gasteiger partial charge on any atom is 0.180 e. The molecule has 1 aliphatic rings. The van der Waals surface area contributed by atoms with Crippen LogP contribution in [0.15, 0.2) is 67.4 Å². The molecule has 0 aliphatic carbocycles. The van der Waals surface area contributed by atoms with Crippen LogP contribution >= 0.6 is 0 Å². The Morgan fingerprint density at radius 1 is 0.938 bits per heavy atom. The minimum atomic E-state index is 0.716. The first-order chi connectivity index (χ1) is 15.7. The van der Waals surface area contributed by atoms with Gasteiger partial charge in [-0.15, -0.1) is 0 Å². The Kier molecular flexibility index (Phi) is 4.52. The summed E-state index contributed by atoms with van der Waals surface area (Å²) in [4.78, 5) is 16.5. The number of nitrogens with one attached hydrogen (secondary N) is 1. The first-order valence-electron chi connectivity index (χ1n) is 11.1. The van der Waals surface area contributed by atoms with Crippen molar-refractivity contribution < 1.29 is 0 Å². The molecule has 6 rings (SSSR count). The molecule has 7 nitrogen and oxygen atoms in total. The second-order valence-corrected chi connectivity index (χ2v) is 8.41. The van der Waals surface area contributed by atoms with Gasteiger partial charge in [0, 0.05) is 61.4 Å². The van der Waals surface area contributed by atoms with Crippen molar-refractivity contribution in [2.24, 2.45) is 7.05 Å². The number of imidazole rings is 1. The summed E-state index contributed by atoms with van der Waals surface area (Å²) < 4.78 is 4.13. The van der Waals surface area contributed by atoms with Gasteiger partial charge >= 0.3 is 0 Å². The van der Waals surface area contributed by atoms with Crippen LogP contribution in [0.3, 0.4) is 0 Å². The Morgan fingerprint density at radius 2 is 1.84 bits per heavy atom. The molecule has 0 spiro atoms. The Balaban J connectivity index is 1.34. The molecule has 1 N–H and O–H groups in total. The van der Waals surface area contributed by atoms with Gasteiger partial charge in [-0.1, -0.05) is 6.07 Å². The van der Waals surface area contributed by atoms with E-state index in [2.05, 4.69) is 74.4 Å². The van der Waals surface area contributed by atoms with E-state index in [-0.39, 0.29) is 0 Å². The van der Waals surface area contributed by atoms with Crippen molar-refractivity contribution in [3.8, 4) is 11.3 Å². The number of rotatable bonds is 4. The van der Waals surface area contributed by atoms with Crippen LogP contribution in [0.5, 0.6) is 0 Å². The van der Waals surface area contributed by atoms with E-state index >= 15 is 0 Å². The van der Waals surface area contributed by atoms with E-state index in [1.807, 2.05) is 23.0 Å². The molecule has 0 unspecified atom stereocenters. The quantitative estimate of drug-likeness (QED) is 0.440. The summed E-state index contributed by atoms with van der Waals surface area (Å²) in [6.07, 6.45) is 13.5. The maximum absolute atomic E-state index is 4.93. The second-order valence-electron chi connectivity index (χ2n) is 8.41. The van der Waals surface area contributed by atoms with E-state index in [4.69, 9.17) is 4.98 Å². The minimum absolute atomic E-state index is 0.716. The molecule has 1 aliphatic heterocycles. The number of fused-ring (bicyclic) bond motifs is 2. The van der Waals surface area contributed by atoms with Crippen molar-refractivity contribution >= 4 is 33.9 Å². The molecule has 1 saturated heterocycles. The van der Waals surface area contributed by atoms with Gasteiger partial charge in [0.1, 0.15) is 5.82 Å². The number of hydrogen-bond acceptors (Lipinski definition) is 5. The standard InChI is InChI=1S/C25H25N7/c1-30-13-9-19-15-18(5-7-22(19)30)21-17-32-14-10-26-25(32)24(29-21)28-20-6-8-23(27-16-20)31-11-3-2-4-12-31/h5-10,13-17H,2-4,11-12H2,1H3,(H,28,29). The lowest BCUT2D eigenvalue weighted by atomic mass is 10.1. The molecule has 0 saturated carbocycles. The van der Waals surface area contributed by atoms with E-state index < -0.39 is 0 Å². The second kappa shape index (κ2) is 7.67. The number of anilines is 3. The predicted molar refractivity (Wildman–Crippen MR) is 128 cm³/mol. The van der Waals surface area contributed by atoms with Crippen molar-refractivity contribution in [3.63, 3.8) is 0 Å². The molecule has 0 radical (unpaired) electrons. The zero-order chi connectivity index (χ0) is 21.5. The van der Waals surface area contributed by atoms with E-state index in [0.717, 1.165) is 41.5 Å². The molecule has 1 aromatic carbocycles. The number of benzene rings is 1. The topological polar surface area (TPSA) is 63.3 Å². The van der Waals surface area contributed by atoms with Gasteiger partial charge in [-0.2, -0.15) is 0 Å². The Labute approximate surface area is 186 Å². The summed E-state index contributed by atoms with van der Waals surface area (Å²) in [6.45, 7) is 2.17. The van der Waals surface area contributed by atoms with Crippen LogP contribution in [0.25, 0.3) is 27.8 Å². The van der Waals surface area contributed by atoms with Crippen LogP contribution in [0.2, 0.25) is 0 Å². The van der Waals surface area contributed by atoms with Crippen molar-refractivity contribution in [1.82, 2.24) is 23.9 Å². The first-order valence-corrected chi connectivity index (χ1v) is 11.1. The molecule has 5 heterocycles. The number of aromatic nitrogens is 5. The average Bonchev–Trinajstić information content (AvgIpc) is 3.47. The monoisotopic (exact) mass is 423 g/mol. The molecule has 1 fully saturated rings. The van der Waals surface area contributed by atoms with Crippen LogP contribution < -0.4 is 10.2 Å². The SMILES string of the molecule is Cn1ccc2cc(-c3cn4ccnc4c(Nc4ccc(N5CCCCC5)nc4)n3)ccc21. The lowest BCUT2D eigenvalue weighted by molar-refractivity contribution is 0.573. The van der Waals surface area contributed by atoms with Crippen LogP contribution in [0.4, 0.5) is 17.3 Å². The number of pyridine rings is 1. The van der Waals surface area contributed by atoms with E-state index in [1.54, 1.807) is 6.20 Å². The van der Waals surface area contributed by atoms with Gasteiger partial charge in [-0.25, -0.2) is 15.0 Å². The Morgan fingerprint density at radius 3 is 2.69 bits per heavy atom. The summed E-state index contributed by atoms with van der Waals surface area (Å²) in [6, 6.07) is 12.7. The molecule has 160 valence electrons. The molecule has 4 aromatic heterocycles. The highest BCUT2D eigenvalue weighted by molar-refractivity contribution is 5.85. The number of aryl methyl sites for hydroxylation is 1. The molecule has 7 heteroatoms. The molecule has 0 atom stereocenters.